The second-order valence-corrected chi connectivity index (χ2v) is 8.33. The molecule has 0 amide bonds. The molecule has 1 aliphatic heterocycles. The van der Waals surface area contributed by atoms with Gasteiger partial charge in [-0.15, -0.1) is 0 Å². The fourth-order valence-corrected chi connectivity index (χ4v) is 4.10. The second kappa shape index (κ2) is 9.90. The molecular weight excluding hydrogens is 418 g/mol. The standard InChI is InChI=1S/C26H29N3O4/c1-4-33-26(31)22-16-27-23-10-5-18(25(30)32-3)15-21(23)24(22)28-19-6-8-20(9-7-19)29-13-11-17(2)12-14-29/h5-10,15-17H,4,11-14H2,1-3H3,(H,27,28). The summed E-state index contributed by atoms with van der Waals surface area (Å²) in [7, 11) is 1.34. The lowest BCUT2D eigenvalue weighted by Gasteiger charge is -2.32. The molecule has 0 aliphatic carbocycles. The molecule has 0 atom stereocenters. The Bertz CT molecular complexity index is 1150. The highest BCUT2D eigenvalue weighted by molar-refractivity contribution is 6.07. The van der Waals surface area contributed by atoms with Crippen LogP contribution in [-0.2, 0) is 9.47 Å². The average Bonchev–Trinajstić information content (AvgIpc) is 2.84. The summed E-state index contributed by atoms with van der Waals surface area (Å²) >= 11 is 0. The minimum Gasteiger partial charge on any atom is -0.465 e. The summed E-state index contributed by atoms with van der Waals surface area (Å²) in [6.07, 6.45) is 3.91. The van der Waals surface area contributed by atoms with E-state index in [4.69, 9.17) is 9.47 Å². The van der Waals surface area contributed by atoms with E-state index in [1.807, 2.05) is 12.1 Å². The number of fused-ring (bicyclic) bond motifs is 1. The van der Waals surface area contributed by atoms with Gasteiger partial charge >= 0.3 is 11.9 Å². The molecule has 1 saturated heterocycles. The van der Waals surface area contributed by atoms with Crippen LogP contribution < -0.4 is 10.2 Å². The summed E-state index contributed by atoms with van der Waals surface area (Å²) in [5.74, 6) is -0.153. The van der Waals surface area contributed by atoms with Crippen LogP contribution in [-0.4, -0.2) is 43.7 Å². The van der Waals surface area contributed by atoms with E-state index < -0.39 is 11.9 Å². The van der Waals surface area contributed by atoms with Crippen molar-refractivity contribution in [2.75, 3.05) is 37.0 Å². The monoisotopic (exact) mass is 447 g/mol. The largest absolute Gasteiger partial charge is 0.465 e. The van der Waals surface area contributed by atoms with E-state index in [9.17, 15) is 9.59 Å². The molecule has 3 aromatic rings. The van der Waals surface area contributed by atoms with Crippen molar-refractivity contribution < 1.29 is 19.1 Å². The number of carbonyl (C=O) groups excluding carboxylic acids is 2. The average molecular weight is 448 g/mol. The van der Waals surface area contributed by atoms with Crippen molar-refractivity contribution in [1.29, 1.82) is 0 Å². The highest BCUT2D eigenvalue weighted by Gasteiger charge is 2.19. The Morgan fingerprint density at radius 3 is 2.48 bits per heavy atom. The topological polar surface area (TPSA) is 80.8 Å². The number of hydrogen-bond acceptors (Lipinski definition) is 7. The minimum atomic E-state index is -0.475. The van der Waals surface area contributed by atoms with Crippen molar-refractivity contribution in [3.63, 3.8) is 0 Å². The van der Waals surface area contributed by atoms with Gasteiger partial charge < -0.3 is 19.7 Å². The van der Waals surface area contributed by atoms with Gasteiger partial charge in [-0.25, -0.2) is 9.59 Å². The van der Waals surface area contributed by atoms with Crippen molar-refractivity contribution in [2.24, 2.45) is 5.92 Å². The number of nitrogens with zero attached hydrogens (tertiary/aromatic N) is 2. The summed E-state index contributed by atoms with van der Waals surface area (Å²) in [6.45, 7) is 6.44. The molecule has 172 valence electrons. The van der Waals surface area contributed by atoms with Gasteiger partial charge in [0, 0.05) is 36.0 Å². The Balaban J connectivity index is 1.70. The summed E-state index contributed by atoms with van der Waals surface area (Å²) in [6, 6.07) is 13.3. The number of carbonyl (C=O) groups is 2. The fourth-order valence-electron chi connectivity index (χ4n) is 4.10. The van der Waals surface area contributed by atoms with Crippen LogP contribution in [0.25, 0.3) is 10.9 Å². The number of pyridine rings is 1. The summed E-state index contributed by atoms with van der Waals surface area (Å²) in [5.41, 5.74) is 3.89. The first-order valence-electron chi connectivity index (χ1n) is 11.3. The lowest BCUT2D eigenvalue weighted by atomic mass is 9.99. The van der Waals surface area contributed by atoms with Gasteiger partial charge in [0.2, 0.25) is 0 Å². The molecule has 1 aliphatic rings. The van der Waals surface area contributed by atoms with Crippen molar-refractivity contribution in [2.45, 2.75) is 26.7 Å². The Morgan fingerprint density at radius 2 is 1.82 bits per heavy atom. The maximum absolute atomic E-state index is 12.7. The number of anilines is 3. The van der Waals surface area contributed by atoms with Crippen LogP contribution in [0.1, 0.15) is 47.4 Å². The summed E-state index contributed by atoms with van der Waals surface area (Å²) in [4.78, 5) is 31.6. The third-order valence-corrected chi connectivity index (χ3v) is 6.07. The first-order valence-corrected chi connectivity index (χ1v) is 11.3. The number of ether oxygens (including phenoxy) is 2. The van der Waals surface area contributed by atoms with Crippen LogP contribution in [0.5, 0.6) is 0 Å². The van der Waals surface area contributed by atoms with Crippen LogP contribution in [0.3, 0.4) is 0 Å². The van der Waals surface area contributed by atoms with Gasteiger partial charge in [-0.3, -0.25) is 4.98 Å². The fraction of sp³-hybridized carbons (Fsp3) is 0.346. The van der Waals surface area contributed by atoms with E-state index in [0.717, 1.165) is 24.7 Å². The third kappa shape index (κ3) is 4.92. The van der Waals surface area contributed by atoms with Crippen LogP contribution in [0.2, 0.25) is 0 Å². The van der Waals surface area contributed by atoms with Crippen LogP contribution in [0, 0.1) is 5.92 Å². The van der Waals surface area contributed by atoms with Gasteiger partial charge in [-0.1, -0.05) is 6.92 Å². The predicted molar refractivity (Wildman–Crippen MR) is 129 cm³/mol. The molecule has 7 heteroatoms. The van der Waals surface area contributed by atoms with Gasteiger partial charge in [-0.2, -0.15) is 0 Å². The van der Waals surface area contributed by atoms with E-state index >= 15 is 0 Å². The normalized spacial score (nSPS) is 14.2. The van der Waals surface area contributed by atoms with Gasteiger partial charge in [0.05, 0.1) is 30.5 Å². The van der Waals surface area contributed by atoms with E-state index in [2.05, 4.69) is 34.3 Å². The molecule has 4 rings (SSSR count). The highest BCUT2D eigenvalue weighted by atomic mass is 16.5. The van der Waals surface area contributed by atoms with Crippen molar-refractivity contribution in [1.82, 2.24) is 4.98 Å². The summed E-state index contributed by atoms with van der Waals surface area (Å²) in [5, 5.41) is 4.00. The number of esters is 2. The number of nitrogens with one attached hydrogen (secondary N) is 1. The Labute approximate surface area is 193 Å². The quantitative estimate of drug-likeness (QED) is 0.522. The van der Waals surface area contributed by atoms with Gasteiger partial charge in [0.15, 0.2) is 0 Å². The van der Waals surface area contributed by atoms with Crippen molar-refractivity contribution >= 4 is 39.9 Å². The first kappa shape index (κ1) is 22.6. The van der Waals surface area contributed by atoms with Crippen LogP contribution in [0.15, 0.2) is 48.7 Å². The zero-order valence-corrected chi connectivity index (χ0v) is 19.3. The number of piperidine rings is 1. The van der Waals surface area contributed by atoms with E-state index in [-0.39, 0.29) is 6.61 Å². The number of methoxy groups -OCH3 is 1. The molecular formula is C26H29N3O4. The highest BCUT2D eigenvalue weighted by Crippen LogP contribution is 2.32. The van der Waals surface area contributed by atoms with Gasteiger partial charge in [-0.05, 0) is 68.1 Å². The molecule has 0 unspecified atom stereocenters. The van der Waals surface area contributed by atoms with E-state index in [0.29, 0.717) is 27.7 Å². The SMILES string of the molecule is CCOC(=O)c1cnc2ccc(C(=O)OC)cc2c1Nc1ccc(N2CCC(C)CC2)cc1. The molecule has 0 radical (unpaired) electrons. The molecule has 1 fully saturated rings. The molecule has 2 aromatic carbocycles. The van der Waals surface area contributed by atoms with Crippen LogP contribution in [0.4, 0.5) is 17.1 Å². The molecule has 1 N–H and O–H groups in total. The minimum absolute atomic E-state index is 0.252. The van der Waals surface area contributed by atoms with Gasteiger partial charge in [0.1, 0.15) is 5.56 Å². The lowest BCUT2D eigenvalue weighted by Crippen LogP contribution is -2.32. The Morgan fingerprint density at radius 1 is 1.09 bits per heavy atom. The first-order chi connectivity index (χ1) is 16.0. The maximum Gasteiger partial charge on any atom is 0.341 e. The van der Waals surface area contributed by atoms with Crippen molar-refractivity contribution in [3.05, 3.63) is 59.8 Å². The summed E-state index contributed by atoms with van der Waals surface area (Å²) < 4.78 is 10.1. The lowest BCUT2D eigenvalue weighted by molar-refractivity contribution is 0.0526. The van der Waals surface area contributed by atoms with E-state index in [1.54, 1.807) is 25.1 Å². The number of aromatic nitrogens is 1. The Hall–Kier alpha value is -3.61. The van der Waals surface area contributed by atoms with E-state index in [1.165, 1.54) is 31.8 Å². The van der Waals surface area contributed by atoms with Crippen LogP contribution >= 0.6 is 0 Å². The molecule has 33 heavy (non-hydrogen) atoms. The molecule has 7 nitrogen and oxygen atoms in total. The molecule has 2 heterocycles. The zero-order valence-electron chi connectivity index (χ0n) is 19.3. The number of rotatable bonds is 6. The Kier molecular flexibility index (Phi) is 6.77. The maximum atomic E-state index is 12.7. The molecule has 0 bridgehead atoms. The van der Waals surface area contributed by atoms with Crippen molar-refractivity contribution in [3.8, 4) is 0 Å². The number of hydrogen-bond donors (Lipinski definition) is 1. The molecule has 0 saturated carbocycles. The zero-order chi connectivity index (χ0) is 23.4. The molecule has 1 aromatic heterocycles. The molecule has 0 spiro atoms. The predicted octanol–water partition coefficient (Wildman–Crippen LogP) is 5.18. The second-order valence-electron chi connectivity index (χ2n) is 8.33. The third-order valence-electron chi connectivity index (χ3n) is 6.07. The smallest absolute Gasteiger partial charge is 0.341 e. The van der Waals surface area contributed by atoms with Gasteiger partial charge in [0.25, 0.3) is 0 Å². The number of benzene rings is 2.